The number of hydrogen-bond acceptors (Lipinski definition) is 3. The van der Waals surface area contributed by atoms with E-state index in [2.05, 4.69) is 13.8 Å². The Labute approximate surface area is 152 Å². The lowest BCUT2D eigenvalue weighted by Gasteiger charge is -2.30. The molecule has 0 radical (unpaired) electrons. The average molecular weight is 359 g/mol. The normalized spacial score (nSPS) is 14.8. The Kier molecular flexibility index (Phi) is 13.5. The van der Waals surface area contributed by atoms with Crippen molar-refractivity contribution >= 4 is 11.9 Å². The molecular formula is C20H38O5. The SMILES string of the molecule is CCCCCCCCC(C(=O)O)C(O)(CCCCCCCC)C(=O)O. The Morgan fingerprint density at radius 1 is 0.760 bits per heavy atom. The molecule has 0 aliphatic rings. The minimum atomic E-state index is -2.15. The summed E-state index contributed by atoms with van der Waals surface area (Å²) in [6, 6.07) is 0. The molecule has 0 bridgehead atoms. The van der Waals surface area contributed by atoms with E-state index in [1.165, 1.54) is 6.42 Å². The molecule has 0 aliphatic heterocycles. The van der Waals surface area contributed by atoms with E-state index in [0.29, 0.717) is 12.8 Å². The smallest absolute Gasteiger partial charge is 0.336 e. The average Bonchev–Trinajstić information content (AvgIpc) is 2.56. The van der Waals surface area contributed by atoms with Gasteiger partial charge in [-0.25, -0.2) is 4.79 Å². The topological polar surface area (TPSA) is 94.8 Å². The summed E-state index contributed by atoms with van der Waals surface area (Å²) in [5, 5.41) is 29.5. The molecule has 0 aromatic rings. The van der Waals surface area contributed by atoms with Gasteiger partial charge in [-0.3, -0.25) is 4.79 Å². The fraction of sp³-hybridized carbons (Fsp3) is 0.900. The number of hydrogen-bond donors (Lipinski definition) is 3. The molecule has 0 saturated heterocycles. The maximum Gasteiger partial charge on any atom is 0.336 e. The van der Waals surface area contributed by atoms with Gasteiger partial charge in [-0.2, -0.15) is 0 Å². The number of carboxylic acid groups (broad SMARTS) is 2. The lowest BCUT2D eigenvalue weighted by molar-refractivity contribution is -0.176. The second-order valence-electron chi connectivity index (χ2n) is 7.19. The Hall–Kier alpha value is -1.10. The first kappa shape index (κ1) is 23.9. The number of rotatable bonds is 17. The number of aliphatic hydroxyl groups is 1. The largest absolute Gasteiger partial charge is 0.481 e. The first-order valence-corrected chi connectivity index (χ1v) is 10.1. The van der Waals surface area contributed by atoms with Gasteiger partial charge in [-0.05, 0) is 19.3 Å². The Morgan fingerprint density at radius 3 is 1.64 bits per heavy atom. The molecule has 5 heteroatoms. The Bertz CT molecular complexity index is 369. The maximum absolute atomic E-state index is 11.6. The molecule has 0 amide bonds. The zero-order chi connectivity index (χ0) is 19.1. The third kappa shape index (κ3) is 9.83. The molecule has 0 aromatic carbocycles. The third-order valence-corrected chi connectivity index (χ3v) is 5.00. The van der Waals surface area contributed by atoms with Gasteiger partial charge in [0.15, 0.2) is 5.60 Å². The molecule has 3 N–H and O–H groups in total. The predicted molar refractivity (Wildman–Crippen MR) is 99.7 cm³/mol. The third-order valence-electron chi connectivity index (χ3n) is 5.00. The highest BCUT2D eigenvalue weighted by Crippen LogP contribution is 2.30. The van der Waals surface area contributed by atoms with Gasteiger partial charge in [0.25, 0.3) is 0 Å². The van der Waals surface area contributed by atoms with Crippen molar-refractivity contribution in [1.29, 1.82) is 0 Å². The van der Waals surface area contributed by atoms with Gasteiger partial charge in [0.05, 0.1) is 5.92 Å². The van der Waals surface area contributed by atoms with Crippen molar-refractivity contribution in [3.05, 3.63) is 0 Å². The summed E-state index contributed by atoms with van der Waals surface area (Å²) in [5.41, 5.74) is -2.15. The van der Waals surface area contributed by atoms with Crippen LogP contribution in [-0.2, 0) is 9.59 Å². The molecule has 2 atom stereocenters. The van der Waals surface area contributed by atoms with Crippen LogP contribution < -0.4 is 0 Å². The van der Waals surface area contributed by atoms with E-state index in [4.69, 9.17) is 0 Å². The number of aliphatic carboxylic acids is 2. The van der Waals surface area contributed by atoms with Gasteiger partial charge in [0, 0.05) is 0 Å². The van der Waals surface area contributed by atoms with Crippen LogP contribution in [0.1, 0.15) is 104 Å². The van der Waals surface area contributed by atoms with Crippen LogP contribution >= 0.6 is 0 Å². The molecule has 0 aromatic heterocycles. The van der Waals surface area contributed by atoms with Gasteiger partial charge < -0.3 is 15.3 Å². The Balaban J connectivity index is 4.50. The van der Waals surface area contributed by atoms with Crippen LogP contribution in [0.4, 0.5) is 0 Å². The monoisotopic (exact) mass is 358 g/mol. The first-order valence-electron chi connectivity index (χ1n) is 10.1. The molecule has 25 heavy (non-hydrogen) atoms. The number of unbranched alkanes of at least 4 members (excludes halogenated alkanes) is 10. The molecule has 0 saturated carbocycles. The molecule has 2 unspecified atom stereocenters. The van der Waals surface area contributed by atoms with Gasteiger partial charge in [0.1, 0.15) is 0 Å². The summed E-state index contributed by atoms with van der Waals surface area (Å²) >= 11 is 0. The van der Waals surface area contributed by atoms with E-state index >= 15 is 0 Å². The molecule has 148 valence electrons. The highest BCUT2D eigenvalue weighted by molar-refractivity contribution is 5.85. The van der Waals surface area contributed by atoms with Crippen LogP contribution in [0.2, 0.25) is 0 Å². The molecule has 0 heterocycles. The van der Waals surface area contributed by atoms with Gasteiger partial charge >= 0.3 is 11.9 Å². The van der Waals surface area contributed by atoms with E-state index in [1.54, 1.807) is 0 Å². The highest BCUT2D eigenvalue weighted by Gasteiger charge is 2.47. The van der Waals surface area contributed by atoms with Crippen molar-refractivity contribution in [3.8, 4) is 0 Å². The van der Waals surface area contributed by atoms with E-state index in [-0.39, 0.29) is 12.8 Å². The minimum absolute atomic E-state index is 0.0151. The number of carboxylic acids is 2. The van der Waals surface area contributed by atoms with E-state index in [1.807, 2.05) is 0 Å². The van der Waals surface area contributed by atoms with Crippen LogP contribution in [0, 0.1) is 5.92 Å². The highest BCUT2D eigenvalue weighted by atomic mass is 16.4. The number of carbonyl (C=O) groups is 2. The predicted octanol–water partition coefficient (Wildman–Crippen LogP) is 5.00. The lowest BCUT2D eigenvalue weighted by Crippen LogP contribution is -2.49. The molecular weight excluding hydrogens is 320 g/mol. The molecule has 0 rings (SSSR count). The molecule has 0 spiro atoms. The second-order valence-corrected chi connectivity index (χ2v) is 7.19. The Morgan fingerprint density at radius 2 is 1.20 bits per heavy atom. The van der Waals surface area contributed by atoms with Crippen molar-refractivity contribution in [2.75, 3.05) is 0 Å². The lowest BCUT2D eigenvalue weighted by atomic mass is 9.79. The van der Waals surface area contributed by atoms with Crippen LogP contribution in [0.5, 0.6) is 0 Å². The summed E-state index contributed by atoms with van der Waals surface area (Å²) in [4.78, 5) is 23.2. The molecule has 5 nitrogen and oxygen atoms in total. The van der Waals surface area contributed by atoms with Crippen molar-refractivity contribution in [2.45, 2.75) is 109 Å². The van der Waals surface area contributed by atoms with E-state index in [9.17, 15) is 24.9 Å². The molecule has 0 fully saturated rings. The zero-order valence-corrected chi connectivity index (χ0v) is 16.1. The van der Waals surface area contributed by atoms with Gasteiger partial charge in [-0.1, -0.05) is 84.5 Å². The van der Waals surface area contributed by atoms with Gasteiger partial charge in [-0.15, -0.1) is 0 Å². The van der Waals surface area contributed by atoms with Crippen LogP contribution in [0.15, 0.2) is 0 Å². The quantitative estimate of drug-likeness (QED) is 0.318. The van der Waals surface area contributed by atoms with E-state index < -0.39 is 23.5 Å². The summed E-state index contributed by atoms with van der Waals surface area (Å²) in [6.07, 6.45) is 12.0. The van der Waals surface area contributed by atoms with Crippen LogP contribution in [0.25, 0.3) is 0 Å². The fourth-order valence-corrected chi connectivity index (χ4v) is 3.30. The fourth-order valence-electron chi connectivity index (χ4n) is 3.30. The summed E-state index contributed by atoms with van der Waals surface area (Å²) in [5.74, 6) is -3.84. The molecule has 0 aliphatic carbocycles. The summed E-state index contributed by atoms with van der Waals surface area (Å²) in [7, 11) is 0. The zero-order valence-electron chi connectivity index (χ0n) is 16.1. The van der Waals surface area contributed by atoms with Crippen molar-refractivity contribution in [3.63, 3.8) is 0 Å². The van der Waals surface area contributed by atoms with Crippen LogP contribution in [-0.4, -0.2) is 32.9 Å². The van der Waals surface area contributed by atoms with Crippen LogP contribution in [0.3, 0.4) is 0 Å². The second kappa shape index (κ2) is 14.1. The standard InChI is InChI=1S/C20H38O5/c1-3-5-7-9-11-13-15-17(18(21)22)20(25,19(23)24)16-14-12-10-8-6-4-2/h17,25H,3-16H2,1-2H3,(H,21,22)(H,23,24). The van der Waals surface area contributed by atoms with Crippen molar-refractivity contribution in [1.82, 2.24) is 0 Å². The van der Waals surface area contributed by atoms with Crippen molar-refractivity contribution < 1.29 is 24.9 Å². The first-order chi connectivity index (χ1) is 11.9. The maximum atomic E-state index is 11.6. The summed E-state index contributed by atoms with van der Waals surface area (Å²) in [6.45, 7) is 4.26. The van der Waals surface area contributed by atoms with Gasteiger partial charge in [0.2, 0.25) is 0 Å². The van der Waals surface area contributed by atoms with Crippen molar-refractivity contribution in [2.24, 2.45) is 5.92 Å². The minimum Gasteiger partial charge on any atom is -0.481 e. The summed E-state index contributed by atoms with van der Waals surface area (Å²) < 4.78 is 0. The van der Waals surface area contributed by atoms with E-state index in [0.717, 1.165) is 57.8 Å².